The van der Waals surface area contributed by atoms with Gasteiger partial charge in [-0.15, -0.1) is 0 Å². The van der Waals surface area contributed by atoms with Crippen molar-refractivity contribution in [2.45, 2.75) is 38.8 Å². The van der Waals surface area contributed by atoms with Gasteiger partial charge in [-0.2, -0.15) is 0 Å². The van der Waals surface area contributed by atoms with Gasteiger partial charge in [0.15, 0.2) is 0 Å². The summed E-state index contributed by atoms with van der Waals surface area (Å²) in [4.78, 5) is 23.1. The Kier molecular flexibility index (Phi) is 4.04. The van der Waals surface area contributed by atoms with Crippen LogP contribution in [-0.4, -0.2) is 24.0 Å². The monoisotopic (exact) mass is 262 g/mol. The van der Waals surface area contributed by atoms with Crippen molar-refractivity contribution in [2.75, 3.05) is 5.32 Å². The van der Waals surface area contributed by atoms with Crippen LogP contribution in [0.15, 0.2) is 24.3 Å². The fraction of sp³-hybridized carbons (Fsp3) is 0.429. The molecule has 1 aliphatic rings. The second-order valence-electron chi connectivity index (χ2n) is 4.81. The van der Waals surface area contributed by atoms with Crippen molar-refractivity contribution in [3.8, 4) is 5.75 Å². The Morgan fingerprint density at radius 2 is 2.16 bits per heavy atom. The summed E-state index contributed by atoms with van der Waals surface area (Å²) in [5.74, 6) is 0.354. The molecule has 1 unspecified atom stereocenters. The number of amides is 2. The maximum absolute atomic E-state index is 12.0. The van der Waals surface area contributed by atoms with Crippen LogP contribution in [0, 0.1) is 0 Å². The Bertz CT molecular complexity index is 485. The molecular formula is C14H18N2O3. The molecule has 2 rings (SSSR count). The number of ether oxygens (including phenoxy) is 1. The molecule has 1 atom stereocenters. The highest BCUT2D eigenvalue weighted by atomic mass is 16.5. The van der Waals surface area contributed by atoms with Gasteiger partial charge in [0, 0.05) is 6.42 Å². The number of nitrogens with one attached hydrogen (secondary N) is 2. The van der Waals surface area contributed by atoms with Crippen molar-refractivity contribution in [3.05, 3.63) is 24.3 Å². The van der Waals surface area contributed by atoms with Gasteiger partial charge in [-0.25, -0.2) is 0 Å². The van der Waals surface area contributed by atoms with Crippen molar-refractivity contribution < 1.29 is 14.3 Å². The average Bonchev–Trinajstić information content (AvgIpc) is 2.78. The van der Waals surface area contributed by atoms with Crippen molar-refractivity contribution in [1.82, 2.24) is 5.32 Å². The minimum absolute atomic E-state index is 0.0317. The van der Waals surface area contributed by atoms with E-state index in [2.05, 4.69) is 10.6 Å². The molecule has 1 aromatic carbocycles. The Balaban J connectivity index is 2.06. The van der Waals surface area contributed by atoms with Crippen LogP contribution in [0.5, 0.6) is 5.75 Å². The molecule has 2 amide bonds. The molecule has 0 aromatic heterocycles. The molecule has 1 fully saturated rings. The van der Waals surface area contributed by atoms with Gasteiger partial charge in [0.05, 0.1) is 11.8 Å². The number of carbonyl (C=O) groups excluding carboxylic acids is 2. The van der Waals surface area contributed by atoms with Gasteiger partial charge >= 0.3 is 0 Å². The Morgan fingerprint density at radius 1 is 1.42 bits per heavy atom. The molecule has 0 radical (unpaired) electrons. The van der Waals surface area contributed by atoms with E-state index < -0.39 is 6.04 Å². The lowest BCUT2D eigenvalue weighted by atomic mass is 10.2. The maximum Gasteiger partial charge on any atom is 0.247 e. The third-order valence-corrected chi connectivity index (χ3v) is 2.82. The van der Waals surface area contributed by atoms with E-state index in [0.717, 1.165) is 0 Å². The van der Waals surface area contributed by atoms with Crippen LogP contribution in [0.1, 0.15) is 26.7 Å². The molecule has 1 heterocycles. The van der Waals surface area contributed by atoms with E-state index in [1.54, 1.807) is 6.07 Å². The van der Waals surface area contributed by atoms with E-state index in [0.29, 0.717) is 24.3 Å². The molecular weight excluding hydrogens is 244 g/mol. The minimum Gasteiger partial charge on any atom is -0.489 e. The van der Waals surface area contributed by atoms with Crippen molar-refractivity contribution in [2.24, 2.45) is 0 Å². The summed E-state index contributed by atoms with van der Waals surface area (Å²) >= 11 is 0. The Morgan fingerprint density at radius 3 is 2.79 bits per heavy atom. The second kappa shape index (κ2) is 5.73. The Labute approximate surface area is 112 Å². The standard InChI is InChI=1S/C14H18N2O3/c1-9(2)19-12-6-4-3-5-10(12)16-14(18)11-7-8-13(17)15-11/h3-6,9,11H,7-8H2,1-2H3,(H,15,17)(H,16,18). The fourth-order valence-corrected chi connectivity index (χ4v) is 1.96. The number of para-hydroxylation sites is 2. The van der Waals surface area contributed by atoms with Gasteiger partial charge in [-0.3, -0.25) is 9.59 Å². The maximum atomic E-state index is 12.0. The van der Waals surface area contributed by atoms with Crippen LogP contribution in [0.25, 0.3) is 0 Å². The predicted molar refractivity (Wildman–Crippen MR) is 72.0 cm³/mol. The molecule has 5 heteroatoms. The summed E-state index contributed by atoms with van der Waals surface area (Å²) in [6, 6.07) is 6.83. The summed E-state index contributed by atoms with van der Waals surface area (Å²) in [6.07, 6.45) is 0.976. The first-order chi connectivity index (χ1) is 9.06. The van der Waals surface area contributed by atoms with Crippen molar-refractivity contribution >= 4 is 17.5 Å². The SMILES string of the molecule is CC(C)Oc1ccccc1NC(=O)C1CCC(=O)N1. The number of carbonyl (C=O) groups is 2. The first-order valence-corrected chi connectivity index (χ1v) is 6.42. The molecule has 0 saturated carbocycles. The fourth-order valence-electron chi connectivity index (χ4n) is 1.96. The molecule has 1 aliphatic heterocycles. The number of hydrogen-bond donors (Lipinski definition) is 2. The largest absolute Gasteiger partial charge is 0.489 e. The summed E-state index contributed by atoms with van der Waals surface area (Å²) in [7, 11) is 0. The summed E-state index contributed by atoms with van der Waals surface area (Å²) in [6.45, 7) is 3.85. The predicted octanol–water partition coefficient (Wildman–Crippen LogP) is 1.69. The third kappa shape index (κ3) is 3.47. The summed E-state index contributed by atoms with van der Waals surface area (Å²) < 4.78 is 5.63. The summed E-state index contributed by atoms with van der Waals surface area (Å²) in [5.41, 5.74) is 0.627. The number of rotatable bonds is 4. The van der Waals surface area contributed by atoms with E-state index in [4.69, 9.17) is 4.74 Å². The van der Waals surface area contributed by atoms with E-state index in [-0.39, 0.29) is 17.9 Å². The zero-order valence-electron chi connectivity index (χ0n) is 11.1. The van der Waals surface area contributed by atoms with Crippen LogP contribution in [0.4, 0.5) is 5.69 Å². The first kappa shape index (κ1) is 13.4. The van der Waals surface area contributed by atoms with Gasteiger partial charge in [0.1, 0.15) is 11.8 Å². The van der Waals surface area contributed by atoms with Crippen LogP contribution in [0.2, 0.25) is 0 Å². The molecule has 0 spiro atoms. The van der Waals surface area contributed by atoms with Gasteiger partial charge in [0.2, 0.25) is 11.8 Å². The van der Waals surface area contributed by atoms with Crippen LogP contribution in [0.3, 0.4) is 0 Å². The lowest BCUT2D eigenvalue weighted by Gasteiger charge is -2.16. The lowest BCUT2D eigenvalue weighted by Crippen LogP contribution is -2.37. The zero-order valence-corrected chi connectivity index (χ0v) is 11.1. The van der Waals surface area contributed by atoms with Gasteiger partial charge in [-0.05, 0) is 32.4 Å². The minimum atomic E-state index is -0.445. The highest BCUT2D eigenvalue weighted by Crippen LogP contribution is 2.25. The van der Waals surface area contributed by atoms with Crippen LogP contribution >= 0.6 is 0 Å². The molecule has 19 heavy (non-hydrogen) atoms. The topological polar surface area (TPSA) is 67.4 Å². The molecule has 102 valence electrons. The van der Waals surface area contributed by atoms with Gasteiger partial charge in [0.25, 0.3) is 0 Å². The molecule has 0 bridgehead atoms. The average molecular weight is 262 g/mol. The van der Waals surface area contributed by atoms with Crippen LogP contribution in [-0.2, 0) is 9.59 Å². The molecule has 5 nitrogen and oxygen atoms in total. The third-order valence-electron chi connectivity index (χ3n) is 2.82. The second-order valence-corrected chi connectivity index (χ2v) is 4.81. The highest BCUT2D eigenvalue weighted by molar-refractivity contribution is 5.99. The molecule has 1 aromatic rings. The number of benzene rings is 1. The van der Waals surface area contributed by atoms with E-state index in [9.17, 15) is 9.59 Å². The van der Waals surface area contributed by atoms with E-state index in [1.165, 1.54) is 0 Å². The molecule has 0 aliphatic carbocycles. The quantitative estimate of drug-likeness (QED) is 0.867. The van der Waals surface area contributed by atoms with Crippen LogP contribution < -0.4 is 15.4 Å². The molecule has 2 N–H and O–H groups in total. The normalized spacial score (nSPS) is 18.3. The van der Waals surface area contributed by atoms with E-state index >= 15 is 0 Å². The number of hydrogen-bond acceptors (Lipinski definition) is 3. The first-order valence-electron chi connectivity index (χ1n) is 6.42. The van der Waals surface area contributed by atoms with Gasteiger partial charge < -0.3 is 15.4 Å². The van der Waals surface area contributed by atoms with Crippen molar-refractivity contribution in [3.63, 3.8) is 0 Å². The van der Waals surface area contributed by atoms with E-state index in [1.807, 2.05) is 32.0 Å². The van der Waals surface area contributed by atoms with Crippen molar-refractivity contribution in [1.29, 1.82) is 0 Å². The molecule has 1 saturated heterocycles. The van der Waals surface area contributed by atoms with Gasteiger partial charge in [-0.1, -0.05) is 12.1 Å². The zero-order chi connectivity index (χ0) is 13.8. The Hall–Kier alpha value is -2.04. The lowest BCUT2D eigenvalue weighted by molar-refractivity contribution is -0.122. The summed E-state index contributed by atoms with van der Waals surface area (Å²) in [5, 5.41) is 5.44. The smallest absolute Gasteiger partial charge is 0.247 e. The number of anilines is 1. The highest BCUT2D eigenvalue weighted by Gasteiger charge is 2.27.